The maximum absolute atomic E-state index is 13.0. The summed E-state index contributed by atoms with van der Waals surface area (Å²) in [4.78, 5) is 0. The van der Waals surface area contributed by atoms with Crippen molar-refractivity contribution in [2.24, 2.45) is 0 Å². The molecule has 0 unspecified atom stereocenters. The molecule has 0 heterocycles. The molecule has 212 valence electrons. The van der Waals surface area contributed by atoms with Gasteiger partial charge in [0.2, 0.25) is 0 Å². The Morgan fingerprint density at radius 1 is 0.371 bits per heavy atom. The predicted molar refractivity (Wildman–Crippen MR) is 147 cm³/mol. The fourth-order valence-electron chi connectivity index (χ4n) is 3.76. The normalized spacial score (nSPS) is 12.0. The average molecular weight is 523 g/mol. The molecule has 0 atom stereocenters. The molecule has 0 saturated heterocycles. The van der Waals surface area contributed by atoms with E-state index in [1.807, 2.05) is 0 Å². The number of hydrogen-bond acceptors (Lipinski definition) is 6. The van der Waals surface area contributed by atoms with Crippen LogP contribution in [0.3, 0.4) is 0 Å². The molecule has 35 heavy (non-hydrogen) atoms. The van der Waals surface area contributed by atoms with E-state index in [1.165, 1.54) is 89.9 Å². The van der Waals surface area contributed by atoms with Gasteiger partial charge in [-0.2, -0.15) is 0 Å². The van der Waals surface area contributed by atoms with Crippen LogP contribution in [0.4, 0.5) is 0 Å². The topological polar surface area (TPSA) is 63.2 Å². The van der Waals surface area contributed by atoms with Gasteiger partial charge >= 0.3 is 7.82 Å². The van der Waals surface area contributed by atoms with E-state index in [0.29, 0.717) is 33.0 Å². The highest BCUT2D eigenvalue weighted by atomic mass is 31.2. The highest BCUT2D eigenvalue weighted by Gasteiger charge is 2.26. The molecule has 0 spiro atoms. The molecular formula is C28H59O6P. The second-order valence-corrected chi connectivity index (χ2v) is 11.1. The summed E-state index contributed by atoms with van der Waals surface area (Å²) < 4.78 is 41.0. The molecule has 0 rings (SSSR count). The summed E-state index contributed by atoms with van der Waals surface area (Å²) in [6, 6.07) is 0. The van der Waals surface area contributed by atoms with Gasteiger partial charge in [0.1, 0.15) is 0 Å². The van der Waals surface area contributed by atoms with E-state index in [9.17, 15) is 4.57 Å². The van der Waals surface area contributed by atoms with Crippen molar-refractivity contribution in [2.45, 2.75) is 136 Å². The highest BCUT2D eigenvalue weighted by molar-refractivity contribution is 7.48. The van der Waals surface area contributed by atoms with E-state index in [4.69, 9.17) is 23.0 Å². The largest absolute Gasteiger partial charge is 0.474 e. The van der Waals surface area contributed by atoms with E-state index in [1.54, 1.807) is 0 Å². The van der Waals surface area contributed by atoms with Crippen molar-refractivity contribution in [1.82, 2.24) is 0 Å². The van der Waals surface area contributed by atoms with Crippen molar-refractivity contribution in [3.63, 3.8) is 0 Å². The van der Waals surface area contributed by atoms with Gasteiger partial charge in [-0.05, 0) is 19.3 Å². The Kier molecular flexibility index (Phi) is 28.6. The number of unbranched alkanes of at least 4 members (excludes halogenated alkanes) is 15. The second-order valence-electron chi connectivity index (χ2n) is 9.47. The molecule has 0 aromatic heterocycles. The lowest BCUT2D eigenvalue weighted by Gasteiger charge is -2.18. The molecule has 0 aliphatic heterocycles. The minimum Gasteiger partial charge on any atom is -0.379 e. The Hall–Kier alpha value is 0.0300. The van der Waals surface area contributed by atoms with E-state index >= 15 is 0 Å². The van der Waals surface area contributed by atoms with E-state index in [2.05, 4.69) is 20.8 Å². The number of ether oxygens (including phenoxy) is 2. The standard InChI is InChI=1S/C28H59O6P/c1-4-7-10-13-16-19-22-30-25-27-33-35(29,32-24-21-18-15-12-9-6-3)34-28-26-31-23-20-17-14-11-8-5-2/h4-28H2,1-3H3. The molecule has 0 aliphatic rings. The Morgan fingerprint density at radius 2 is 0.686 bits per heavy atom. The van der Waals surface area contributed by atoms with Gasteiger partial charge in [-0.15, -0.1) is 0 Å². The molecule has 0 saturated carbocycles. The summed E-state index contributed by atoms with van der Waals surface area (Å²) in [6.45, 7) is 9.71. The molecule has 0 aromatic rings. The summed E-state index contributed by atoms with van der Waals surface area (Å²) in [6.07, 6.45) is 21.7. The van der Waals surface area contributed by atoms with Crippen LogP contribution >= 0.6 is 7.82 Å². The Bertz CT molecular complexity index is 421. The monoisotopic (exact) mass is 522 g/mol. The second kappa shape index (κ2) is 28.6. The van der Waals surface area contributed by atoms with Gasteiger partial charge in [0.15, 0.2) is 0 Å². The Morgan fingerprint density at radius 3 is 1.09 bits per heavy atom. The molecule has 0 bridgehead atoms. The van der Waals surface area contributed by atoms with Gasteiger partial charge in [-0.25, -0.2) is 4.57 Å². The third-order valence-electron chi connectivity index (χ3n) is 5.99. The van der Waals surface area contributed by atoms with Gasteiger partial charge in [0.05, 0.1) is 33.0 Å². The first-order chi connectivity index (χ1) is 17.2. The van der Waals surface area contributed by atoms with Crippen LogP contribution in [0.5, 0.6) is 0 Å². The fraction of sp³-hybridized carbons (Fsp3) is 1.00. The molecular weight excluding hydrogens is 463 g/mol. The number of phosphoric acid groups is 1. The van der Waals surface area contributed by atoms with Crippen molar-refractivity contribution in [3.8, 4) is 0 Å². The van der Waals surface area contributed by atoms with Crippen molar-refractivity contribution >= 4 is 7.82 Å². The fourth-order valence-corrected chi connectivity index (χ4v) is 4.93. The van der Waals surface area contributed by atoms with Crippen molar-refractivity contribution < 1.29 is 27.6 Å². The number of phosphoric ester groups is 1. The molecule has 0 N–H and O–H groups in total. The zero-order valence-corrected chi connectivity index (χ0v) is 24.5. The third-order valence-corrected chi connectivity index (χ3v) is 7.48. The predicted octanol–water partition coefficient (Wildman–Crippen LogP) is 9.26. The molecule has 0 aromatic carbocycles. The summed E-state index contributed by atoms with van der Waals surface area (Å²) in [5, 5.41) is 0. The molecule has 7 heteroatoms. The average Bonchev–Trinajstić information content (AvgIpc) is 2.86. The van der Waals surface area contributed by atoms with Crippen LogP contribution in [-0.4, -0.2) is 46.2 Å². The summed E-state index contributed by atoms with van der Waals surface area (Å²) >= 11 is 0. The number of hydrogen-bond donors (Lipinski definition) is 0. The van der Waals surface area contributed by atoms with Crippen LogP contribution in [0.1, 0.15) is 136 Å². The lowest BCUT2D eigenvalue weighted by Crippen LogP contribution is -2.10. The highest BCUT2D eigenvalue weighted by Crippen LogP contribution is 2.49. The van der Waals surface area contributed by atoms with E-state index in [-0.39, 0.29) is 13.2 Å². The first kappa shape index (κ1) is 35.0. The van der Waals surface area contributed by atoms with Crippen LogP contribution in [0, 0.1) is 0 Å². The molecule has 0 amide bonds. The smallest absolute Gasteiger partial charge is 0.379 e. The lowest BCUT2D eigenvalue weighted by atomic mass is 10.1. The minimum absolute atomic E-state index is 0.211. The van der Waals surface area contributed by atoms with Crippen LogP contribution < -0.4 is 0 Å². The SMILES string of the molecule is CCCCCCCCOCCOP(=O)(OCCCCCCCC)OCCOCCCCCCCC. The first-order valence-electron chi connectivity index (χ1n) is 14.9. The molecule has 0 aliphatic carbocycles. The lowest BCUT2D eigenvalue weighted by molar-refractivity contribution is 0.0450. The van der Waals surface area contributed by atoms with Crippen molar-refractivity contribution in [1.29, 1.82) is 0 Å². The van der Waals surface area contributed by atoms with Crippen LogP contribution in [-0.2, 0) is 27.6 Å². The zero-order chi connectivity index (χ0) is 25.7. The summed E-state index contributed by atoms with van der Waals surface area (Å²) in [7, 11) is -3.59. The summed E-state index contributed by atoms with van der Waals surface area (Å²) in [5.74, 6) is 0. The summed E-state index contributed by atoms with van der Waals surface area (Å²) in [5.41, 5.74) is 0. The minimum atomic E-state index is -3.59. The van der Waals surface area contributed by atoms with Gasteiger partial charge in [0.25, 0.3) is 0 Å². The Balaban J connectivity index is 4.03. The van der Waals surface area contributed by atoms with Crippen LogP contribution in [0.2, 0.25) is 0 Å². The third kappa shape index (κ3) is 26.9. The number of rotatable bonds is 30. The molecule has 6 nitrogen and oxygen atoms in total. The zero-order valence-electron chi connectivity index (χ0n) is 23.6. The van der Waals surface area contributed by atoms with E-state index in [0.717, 1.165) is 25.7 Å². The first-order valence-corrected chi connectivity index (χ1v) is 16.3. The van der Waals surface area contributed by atoms with Gasteiger partial charge in [-0.1, -0.05) is 117 Å². The quantitative estimate of drug-likeness (QED) is 0.0692. The molecule has 0 radical (unpaired) electrons. The van der Waals surface area contributed by atoms with E-state index < -0.39 is 7.82 Å². The van der Waals surface area contributed by atoms with Gasteiger partial charge in [-0.3, -0.25) is 13.6 Å². The maximum atomic E-state index is 13.0. The Labute approximate surface area is 218 Å². The van der Waals surface area contributed by atoms with Gasteiger partial charge < -0.3 is 9.47 Å². The van der Waals surface area contributed by atoms with Crippen LogP contribution in [0.25, 0.3) is 0 Å². The molecule has 0 fully saturated rings. The van der Waals surface area contributed by atoms with Crippen molar-refractivity contribution in [2.75, 3.05) is 46.2 Å². The van der Waals surface area contributed by atoms with Gasteiger partial charge in [0, 0.05) is 13.2 Å². The maximum Gasteiger partial charge on any atom is 0.474 e. The van der Waals surface area contributed by atoms with Crippen LogP contribution in [0.15, 0.2) is 0 Å². The van der Waals surface area contributed by atoms with Crippen molar-refractivity contribution in [3.05, 3.63) is 0 Å².